The van der Waals surface area contributed by atoms with Gasteiger partial charge in [0.25, 0.3) is 6.71 Å². The van der Waals surface area contributed by atoms with Gasteiger partial charge >= 0.3 is 0 Å². The fraction of sp³-hybridized carbons (Fsp3) is 0. The molecule has 11 aromatic carbocycles. The molecule has 0 amide bonds. The molecule has 0 unspecified atom stereocenters. The topological polar surface area (TPSA) is 18.5 Å². The van der Waals surface area contributed by atoms with E-state index < -0.39 is 16.1 Å². The molecule has 0 saturated carbocycles. The van der Waals surface area contributed by atoms with Crippen LogP contribution in [0.3, 0.4) is 0 Å². The fourth-order valence-electron chi connectivity index (χ4n) is 11.9. The van der Waals surface area contributed by atoms with Crippen LogP contribution in [-0.2, 0) is 0 Å². The van der Waals surface area contributed by atoms with Crippen LogP contribution in [0.25, 0.3) is 22.3 Å². The maximum atomic E-state index is 7.13. The van der Waals surface area contributed by atoms with Crippen LogP contribution in [0.4, 0.5) is 0 Å². The van der Waals surface area contributed by atoms with E-state index in [0.29, 0.717) is 0 Å². The molecule has 0 N–H and O–H groups in total. The maximum Gasteiger partial charge on any atom is 0.260 e. The Balaban J connectivity index is 0.972. The smallest absolute Gasteiger partial charge is 0.260 e. The lowest BCUT2D eigenvalue weighted by atomic mass is 9.34. The van der Waals surface area contributed by atoms with Gasteiger partial charge in [0.2, 0.25) is 0 Å². The lowest BCUT2D eigenvalue weighted by Gasteiger charge is -2.36. The van der Waals surface area contributed by atoms with E-state index in [1.807, 2.05) is 0 Å². The highest BCUT2D eigenvalue weighted by Gasteiger charge is 2.45. The Morgan fingerprint density at radius 3 is 0.859 bits per heavy atom. The van der Waals surface area contributed by atoms with Crippen LogP contribution >= 0.6 is 0 Å². The van der Waals surface area contributed by atoms with Crippen molar-refractivity contribution in [2.24, 2.45) is 0 Å². The first-order valence-electron chi connectivity index (χ1n) is 24.5. The number of fused-ring (bicyclic) bond motifs is 4. The number of benzene rings is 11. The second-order valence-corrected chi connectivity index (χ2v) is 26.2. The molecule has 71 heavy (non-hydrogen) atoms. The van der Waals surface area contributed by atoms with Crippen molar-refractivity contribution in [3.8, 4) is 45.3 Å². The van der Waals surface area contributed by atoms with Crippen molar-refractivity contribution in [2.45, 2.75) is 0 Å². The largest absolute Gasteiger partial charge is 0.458 e. The molecule has 11 aromatic rings. The van der Waals surface area contributed by atoms with E-state index in [0.717, 1.165) is 61.6 Å². The lowest BCUT2D eigenvalue weighted by molar-refractivity contribution is 0.466. The van der Waals surface area contributed by atoms with Gasteiger partial charge in [-0.25, -0.2) is 0 Å². The Morgan fingerprint density at radius 2 is 0.535 bits per heavy atom. The minimum absolute atomic E-state index is 0.113. The van der Waals surface area contributed by atoms with Gasteiger partial charge in [0.1, 0.15) is 23.0 Å². The van der Waals surface area contributed by atoms with Crippen LogP contribution in [0.2, 0.25) is 0 Å². The minimum atomic E-state index is -2.79. The zero-order valence-corrected chi connectivity index (χ0v) is 41.0. The molecule has 2 nitrogen and oxygen atoms in total. The van der Waals surface area contributed by atoms with Crippen LogP contribution in [0.1, 0.15) is 0 Å². The minimum Gasteiger partial charge on any atom is -0.458 e. The first-order valence-corrected chi connectivity index (χ1v) is 28.5. The predicted molar refractivity (Wildman–Crippen MR) is 302 cm³/mol. The number of ether oxygens (including phenoxy) is 2. The molecule has 0 aliphatic carbocycles. The van der Waals surface area contributed by atoms with Crippen molar-refractivity contribution in [1.29, 1.82) is 0 Å². The van der Waals surface area contributed by atoms with Crippen LogP contribution in [0.15, 0.2) is 285 Å². The Morgan fingerprint density at radius 1 is 0.254 bits per heavy atom. The van der Waals surface area contributed by atoms with Gasteiger partial charge < -0.3 is 9.47 Å². The summed E-state index contributed by atoms with van der Waals surface area (Å²) in [6.45, 7) is -0.113. The summed E-state index contributed by atoms with van der Waals surface area (Å²) in [5, 5.41) is 10.7. The number of hydrogen-bond acceptors (Lipinski definition) is 2. The summed E-state index contributed by atoms with van der Waals surface area (Å²) < 4.78 is 14.3. The highest BCUT2D eigenvalue weighted by molar-refractivity contribution is 7.20. The van der Waals surface area contributed by atoms with Gasteiger partial charge in [-0.1, -0.05) is 273 Å². The van der Waals surface area contributed by atoms with Crippen LogP contribution in [-0.4, -0.2) is 22.9 Å². The monoisotopic (exact) mass is 938 g/mol. The van der Waals surface area contributed by atoms with Gasteiger partial charge in [-0.05, 0) is 75.7 Å². The van der Waals surface area contributed by atoms with Crippen LogP contribution in [0.5, 0.6) is 23.0 Å². The molecule has 2 aliphatic rings. The van der Waals surface area contributed by atoms with E-state index in [4.69, 9.17) is 9.47 Å². The standard InChI is InChI=1S/C66H47BO2Si2/c1-7-26-50(27-8-1)70(51-28-9-2-10-29-51,52-30-11-3-12-31-52)56-38-19-24-48(46-56)58-40-21-42-60-65(58)68-62-44-23-45-63-64(62)67(60)61-43-22-41-59(66(61)69-63)49-25-20-39-57(47-49)71(53-32-13-4-14-33-53,54-34-15-5-16-35-54)55-36-17-6-18-37-55/h1-47H. The molecule has 2 aliphatic heterocycles. The first kappa shape index (κ1) is 42.6. The van der Waals surface area contributed by atoms with Crippen molar-refractivity contribution in [3.63, 3.8) is 0 Å². The summed E-state index contributed by atoms with van der Waals surface area (Å²) in [5.41, 5.74) is 7.71. The molecular formula is C66H47BO2Si2. The summed E-state index contributed by atoms with van der Waals surface area (Å²) in [7, 11) is -5.58. The van der Waals surface area contributed by atoms with E-state index in [1.54, 1.807) is 0 Å². The molecule has 0 aromatic heterocycles. The highest BCUT2D eigenvalue weighted by atomic mass is 28.3. The third-order valence-corrected chi connectivity index (χ3v) is 24.5. The zero-order valence-electron chi connectivity index (χ0n) is 39.0. The zero-order chi connectivity index (χ0) is 47.2. The average Bonchev–Trinajstić information content (AvgIpc) is 3.45. The SMILES string of the molecule is c1ccc([Si](c2ccccc2)(c2ccccc2)c2cccc(-c3cccc4c3Oc3cccc5c3B4c3cccc(-c4cccc([Si](c6ccccc6)(c6ccccc6)c6ccccc6)c4)c3O5)c2)cc1. The molecule has 0 spiro atoms. The van der Waals surface area contributed by atoms with Gasteiger partial charge in [0, 0.05) is 16.6 Å². The van der Waals surface area contributed by atoms with Gasteiger partial charge in [-0.15, -0.1) is 0 Å². The fourth-order valence-corrected chi connectivity index (χ4v) is 21.5. The third-order valence-electron chi connectivity index (χ3n) is 14.9. The quantitative estimate of drug-likeness (QED) is 0.101. The van der Waals surface area contributed by atoms with E-state index in [1.165, 1.54) is 41.5 Å². The lowest BCUT2D eigenvalue weighted by Crippen LogP contribution is -2.74. The Kier molecular flexibility index (Phi) is 10.7. The van der Waals surface area contributed by atoms with Crippen molar-refractivity contribution >= 4 is 80.7 Å². The Hall–Kier alpha value is -8.48. The number of para-hydroxylation sites is 2. The highest BCUT2D eigenvalue weighted by Crippen LogP contribution is 2.41. The summed E-state index contributed by atoms with van der Waals surface area (Å²) >= 11 is 0. The van der Waals surface area contributed by atoms with Crippen molar-refractivity contribution < 1.29 is 9.47 Å². The van der Waals surface area contributed by atoms with E-state index in [-0.39, 0.29) is 6.71 Å². The van der Waals surface area contributed by atoms with E-state index in [9.17, 15) is 0 Å². The summed E-state index contributed by atoms with van der Waals surface area (Å²) in [6.07, 6.45) is 0. The van der Waals surface area contributed by atoms with Crippen molar-refractivity contribution in [1.82, 2.24) is 0 Å². The number of hydrogen-bond donors (Lipinski definition) is 0. The second-order valence-electron chi connectivity index (χ2n) is 18.6. The molecule has 5 heteroatoms. The molecule has 334 valence electrons. The molecular weight excluding hydrogens is 892 g/mol. The average molecular weight is 939 g/mol. The van der Waals surface area contributed by atoms with Gasteiger partial charge in [0.15, 0.2) is 16.1 Å². The summed E-state index contributed by atoms with van der Waals surface area (Å²) in [5.74, 6) is 3.42. The first-order chi connectivity index (χ1) is 35.2. The normalized spacial score (nSPS) is 12.4. The van der Waals surface area contributed by atoms with E-state index >= 15 is 0 Å². The molecule has 0 atom stereocenters. The van der Waals surface area contributed by atoms with Crippen molar-refractivity contribution in [2.75, 3.05) is 0 Å². The Labute approximate surface area is 418 Å². The number of rotatable bonds is 10. The van der Waals surface area contributed by atoms with Crippen molar-refractivity contribution in [3.05, 3.63) is 285 Å². The molecule has 0 bridgehead atoms. The van der Waals surface area contributed by atoms with Crippen LogP contribution in [0, 0.1) is 0 Å². The predicted octanol–water partition coefficient (Wildman–Crippen LogP) is 8.50. The molecule has 0 fully saturated rings. The molecule has 2 heterocycles. The molecule has 13 rings (SSSR count). The maximum absolute atomic E-state index is 7.13. The van der Waals surface area contributed by atoms with Gasteiger partial charge in [0.05, 0.1) is 0 Å². The summed E-state index contributed by atoms with van der Waals surface area (Å²) in [6, 6.07) is 105. The molecule has 0 radical (unpaired) electrons. The summed E-state index contributed by atoms with van der Waals surface area (Å²) in [4.78, 5) is 0. The van der Waals surface area contributed by atoms with Gasteiger partial charge in [-0.3, -0.25) is 0 Å². The van der Waals surface area contributed by atoms with Gasteiger partial charge in [-0.2, -0.15) is 0 Å². The second kappa shape index (κ2) is 17.8. The van der Waals surface area contributed by atoms with Crippen LogP contribution < -0.4 is 67.4 Å². The van der Waals surface area contributed by atoms with E-state index in [2.05, 4.69) is 285 Å². The third kappa shape index (κ3) is 6.92. The molecule has 0 saturated heterocycles. The Bertz CT molecular complexity index is 3270.